The molecule has 3 aliphatic rings. The van der Waals surface area contributed by atoms with Crippen LogP contribution in [-0.4, -0.2) is 6.54 Å². The Kier molecular flexibility index (Phi) is 1.14. The van der Waals surface area contributed by atoms with Gasteiger partial charge in [0.05, 0.1) is 6.54 Å². The summed E-state index contributed by atoms with van der Waals surface area (Å²) >= 11 is 0. The van der Waals surface area contributed by atoms with Crippen molar-refractivity contribution in [3.63, 3.8) is 0 Å². The molecule has 2 bridgehead atoms. The number of hydrogen-bond donors (Lipinski definition) is 0. The van der Waals surface area contributed by atoms with E-state index in [1.165, 1.54) is 19.3 Å². The van der Waals surface area contributed by atoms with Crippen LogP contribution < -0.4 is 0 Å². The minimum atomic E-state index is 0.570. The van der Waals surface area contributed by atoms with Crippen LogP contribution in [0.2, 0.25) is 0 Å². The number of hydrogen-bond acceptors (Lipinski definition) is 2. The largest absolute Gasteiger partial charge is 0.151 e. The third-order valence-corrected chi connectivity index (χ3v) is 3.24. The van der Waals surface area contributed by atoms with Crippen molar-refractivity contribution < 1.29 is 0 Å². The fraction of sp³-hybridized carbons (Fsp3) is 1.00. The first-order valence-corrected chi connectivity index (χ1v) is 4.03. The van der Waals surface area contributed by atoms with E-state index >= 15 is 0 Å². The lowest BCUT2D eigenvalue weighted by Crippen LogP contribution is -2.24. The van der Waals surface area contributed by atoms with Crippen LogP contribution in [0.25, 0.3) is 0 Å². The van der Waals surface area contributed by atoms with Gasteiger partial charge in [0.2, 0.25) is 0 Å². The fourth-order valence-corrected chi connectivity index (χ4v) is 2.82. The highest BCUT2D eigenvalue weighted by Gasteiger charge is 2.52. The van der Waals surface area contributed by atoms with Crippen molar-refractivity contribution in [1.29, 1.82) is 0 Å². The van der Waals surface area contributed by atoms with E-state index in [1.807, 2.05) is 0 Å². The van der Waals surface area contributed by atoms with Gasteiger partial charge >= 0.3 is 0 Å². The molecule has 0 radical (unpaired) electrons. The molecule has 2 heteroatoms. The molecule has 0 aromatic heterocycles. The Morgan fingerprint density at radius 2 is 2.20 bits per heavy atom. The normalized spacial score (nSPS) is 50.5. The van der Waals surface area contributed by atoms with E-state index in [0.717, 1.165) is 5.92 Å². The van der Waals surface area contributed by atoms with E-state index in [1.54, 1.807) is 0 Å². The number of rotatable bonds is 2. The molecule has 3 saturated carbocycles. The summed E-state index contributed by atoms with van der Waals surface area (Å²) in [6, 6.07) is 0. The van der Waals surface area contributed by atoms with Gasteiger partial charge in [-0.15, -0.1) is 0 Å². The first-order chi connectivity index (χ1) is 4.73. The summed E-state index contributed by atoms with van der Waals surface area (Å²) < 4.78 is 0. The third kappa shape index (κ3) is 0.710. The second-order valence-corrected chi connectivity index (χ2v) is 4.25. The van der Waals surface area contributed by atoms with Crippen molar-refractivity contribution in [2.75, 3.05) is 6.54 Å². The number of nitroso groups, excluding NO2 is 1. The topological polar surface area (TPSA) is 29.4 Å². The molecule has 0 spiro atoms. The van der Waals surface area contributed by atoms with Crippen LogP contribution in [0.5, 0.6) is 0 Å². The Labute approximate surface area is 61.0 Å². The minimum absolute atomic E-state index is 0.570. The van der Waals surface area contributed by atoms with Crippen molar-refractivity contribution in [1.82, 2.24) is 0 Å². The zero-order valence-electron chi connectivity index (χ0n) is 6.34. The van der Waals surface area contributed by atoms with E-state index in [0.29, 0.717) is 17.9 Å². The van der Waals surface area contributed by atoms with E-state index in [9.17, 15) is 4.91 Å². The molecule has 0 aromatic carbocycles. The molecular formula is C8H13NO. The van der Waals surface area contributed by atoms with E-state index in [-0.39, 0.29) is 0 Å². The molecule has 0 saturated heterocycles. The molecule has 0 aliphatic heterocycles. The monoisotopic (exact) mass is 139 g/mol. The van der Waals surface area contributed by atoms with Gasteiger partial charge in [-0.3, -0.25) is 0 Å². The van der Waals surface area contributed by atoms with Crippen LogP contribution in [0.1, 0.15) is 26.2 Å². The van der Waals surface area contributed by atoms with E-state index < -0.39 is 0 Å². The van der Waals surface area contributed by atoms with Crippen LogP contribution in [0.3, 0.4) is 0 Å². The highest BCUT2D eigenvalue weighted by molar-refractivity contribution is 5.03. The first-order valence-electron chi connectivity index (χ1n) is 4.03. The summed E-state index contributed by atoms with van der Waals surface area (Å²) in [6.07, 6.45) is 3.96. The summed E-state index contributed by atoms with van der Waals surface area (Å²) in [5.74, 6) is 1.49. The Bertz CT molecular complexity index is 161. The third-order valence-electron chi connectivity index (χ3n) is 3.24. The lowest BCUT2D eigenvalue weighted by molar-refractivity contribution is 0.164. The first kappa shape index (κ1) is 6.32. The van der Waals surface area contributed by atoms with Crippen molar-refractivity contribution in [3.8, 4) is 0 Å². The quantitative estimate of drug-likeness (QED) is 0.539. The molecule has 2 nitrogen and oxygen atoms in total. The summed E-state index contributed by atoms with van der Waals surface area (Å²) in [5, 5.41) is 2.98. The zero-order chi connectivity index (χ0) is 7.19. The van der Waals surface area contributed by atoms with Crippen LogP contribution in [0.4, 0.5) is 0 Å². The lowest BCUT2D eigenvalue weighted by Gasteiger charge is -2.34. The molecule has 3 fully saturated rings. The molecule has 1 unspecified atom stereocenters. The smallest absolute Gasteiger partial charge is 0.0842 e. The second-order valence-electron chi connectivity index (χ2n) is 4.25. The molecule has 3 aliphatic carbocycles. The number of fused-ring (bicyclic) bond motifs is 1. The molecule has 0 aromatic rings. The summed E-state index contributed by atoms with van der Waals surface area (Å²) in [6.45, 7) is 2.90. The molecule has 0 amide bonds. The molecule has 1 atom stereocenters. The maximum atomic E-state index is 9.98. The average Bonchev–Trinajstić information content (AvgIpc) is 2.20. The predicted molar refractivity (Wildman–Crippen MR) is 39.6 cm³/mol. The Balaban J connectivity index is 1.98. The second kappa shape index (κ2) is 1.80. The average molecular weight is 139 g/mol. The van der Waals surface area contributed by atoms with E-state index in [2.05, 4.69) is 12.1 Å². The van der Waals surface area contributed by atoms with Crippen LogP contribution >= 0.6 is 0 Å². The standard InChI is InChI=1S/C8H13NO/c1-8-2-6(3-8)7(4-8)5-9-10/h6-7H,2-5H2,1H3. The lowest BCUT2D eigenvalue weighted by atomic mass is 9.71. The molecule has 10 heavy (non-hydrogen) atoms. The molecular weight excluding hydrogens is 126 g/mol. The Morgan fingerprint density at radius 3 is 2.60 bits per heavy atom. The maximum Gasteiger partial charge on any atom is 0.0842 e. The van der Waals surface area contributed by atoms with Crippen LogP contribution in [0, 0.1) is 22.2 Å². The minimum Gasteiger partial charge on any atom is -0.151 e. The van der Waals surface area contributed by atoms with Crippen molar-refractivity contribution in [3.05, 3.63) is 4.91 Å². The van der Waals surface area contributed by atoms with Gasteiger partial charge in [-0.05, 0) is 36.5 Å². The van der Waals surface area contributed by atoms with Gasteiger partial charge in [-0.25, -0.2) is 0 Å². The highest BCUT2D eigenvalue weighted by atomic mass is 16.3. The van der Waals surface area contributed by atoms with Crippen molar-refractivity contribution in [2.24, 2.45) is 22.4 Å². The fourth-order valence-electron chi connectivity index (χ4n) is 2.82. The summed E-state index contributed by atoms with van der Waals surface area (Å²) in [7, 11) is 0. The van der Waals surface area contributed by atoms with Gasteiger partial charge in [0.1, 0.15) is 0 Å². The Morgan fingerprint density at radius 1 is 1.50 bits per heavy atom. The van der Waals surface area contributed by atoms with Gasteiger partial charge in [0.25, 0.3) is 0 Å². The van der Waals surface area contributed by atoms with Gasteiger partial charge in [0.15, 0.2) is 0 Å². The maximum absolute atomic E-state index is 9.98. The SMILES string of the molecule is CC12CC(CN=O)C(C1)C2. The van der Waals surface area contributed by atoms with Crippen LogP contribution in [0.15, 0.2) is 5.18 Å². The van der Waals surface area contributed by atoms with Crippen molar-refractivity contribution in [2.45, 2.75) is 26.2 Å². The summed E-state index contributed by atoms with van der Waals surface area (Å²) in [5.41, 5.74) is 0.611. The van der Waals surface area contributed by atoms with Crippen molar-refractivity contribution >= 4 is 0 Å². The molecule has 3 rings (SSSR count). The molecule has 0 heterocycles. The summed E-state index contributed by atoms with van der Waals surface area (Å²) in [4.78, 5) is 9.98. The van der Waals surface area contributed by atoms with E-state index in [4.69, 9.17) is 0 Å². The zero-order valence-corrected chi connectivity index (χ0v) is 6.34. The van der Waals surface area contributed by atoms with Gasteiger partial charge < -0.3 is 0 Å². The molecule has 56 valence electrons. The van der Waals surface area contributed by atoms with Gasteiger partial charge in [-0.2, -0.15) is 4.91 Å². The molecule has 0 N–H and O–H groups in total. The predicted octanol–water partition coefficient (Wildman–Crippen LogP) is 2.19. The Hall–Kier alpha value is -0.400. The van der Waals surface area contributed by atoms with Crippen LogP contribution in [-0.2, 0) is 0 Å². The van der Waals surface area contributed by atoms with Gasteiger partial charge in [-0.1, -0.05) is 12.1 Å². The van der Waals surface area contributed by atoms with Gasteiger partial charge in [0, 0.05) is 0 Å². The number of nitrogens with zero attached hydrogens (tertiary/aromatic N) is 1. The highest BCUT2D eigenvalue weighted by Crippen LogP contribution is 2.61.